The minimum atomic E-state index is -4.95. The van der Waals surface area contributed by atoms with Crippen LogP contribution in [0.15, 0.2) is 0 Å². The molecule has 6 atom stereocenters. The van der Waals surface area contributed by atoms with Crippen molar-refractivity contribution in [2.45, 2.75) is 356 Å². The van der Waals surface area contributed by atoms with Crippen LogP contribution in [0.4, 0.5) is 0 Å². The van der Waals surface area contributed by atoms with Gasteiger partial charge in [0.2, 0.25) is 0 Å². The number of carbonyl (C=O) groups is 4. The van der Waals surface area contributed by atoms with E-state index in [1.165, 1.54) is 148 Å². The summed E-state index contributed by atoms with van der Waals surface area (Å²) in [6.45, 7) is 11.8. The van der Waals surface area contributed by atoms with Crippen LogP contribution in [0.25, 0.3) is 0 Å². The summed E-state index contributed by atoms with van der Waals surface area (Å²) in [6.07, 6.45) is 41.7. The molecule has 0 spiro atoms. The lowest BCUT2D eigenvalue weighted by molar-refractivity contribution is -0.161. The molecule has 0 aromatic heterocycles. The minimum Gasteiger partial charge on any atom is -0.462 e. The molecule has 0 heterocycles. The molecule has 0 aromatic carbocycles. The number of phosphoric ester groups is 2. The molecule has 3 unspecified atom stereocenters. The Labute approximate surface area is 530 Å². The van der Waals surface area contributed by atoms with Gasteiger partial charge in [0.05, 0.1) is 26.4 Å². The van der Waals surface area contributed by atoms with Crippen molar-refractivity contribution in [1.29, 1.82) is 0 Å². The zero-order valence-electron chi connectivity index (χ0n) is 56.5. The molecular weight excluding hydrogens is 1150 g/mol. The van der Waals surface area contributed by atoms with Gasteiger partial charge in [-0.15, -0.1) is 0 Å². The van der Waals surface area contributed by atoms with Crippen LogP contribution in [-0.4, -0.2) is 96.7 Å². The van der Waals surface area contributed by atoms with Crippen LogP contribution in [0.1, 0.15) is 337 Å². The molecule has 0 amide bonds. The summed E-state index contributed by atoms with van der Waals surface area (Å²) in [5.74, 6) is 0.124. The maximum Gasteiger partial charge on any atom is 0.472 e. The summed E-state index contributed by atoms with van der Waals surface area (Å²) >= 11 is 0. The van der Waals surface area contributed by atoms with Gasteiger partial charge in [-0.1, -0.05) is 286 Å². The van der Waals surface area contributed by atoms with Crippen molar-refractivity contribution in [2.24, 2.45) is 17.8 Å². The standard InChI is InChI=1S/C68H132O17P2/c1-8-10-11-12-13-20-27-35-42-49-65(70)78-56-64(85-68(73)52-45-38-31-30-34-41-48-61(7)9-2)58-83-87(76,77)81-54-62(69)53-80-86(74,75)82-57-63(84-67(72)51-44-37-29-24-19-15-17-22-26-33-40-47-60(5)6)55-79-66(71)50-43-36-28-23-18-14-16-21-25-32-39-46-59(3)4/h59-64,69H,8-58H2,1-7H3,(H,74,75)(H,76,77)/t61?,62-,63-,64-/m1/s1. The van der Waals surface area contributed by atoms with Crippen LogP contribution in [0.3, 0.4) is 0 Å². The van der Waals surface area contributed by atoms with Gasteiger partial charge in [0, 0.05) is 25.7 Å². The van der Waals surface area contributed by atoms with E-state index in [4.69, 9.17) is 37.0 Å². The number of hydrogen-bond acceptors (Lipinski definition) is 15. The number of carbonyl (C=O) groups excluding carboxylic acids is 4. The Morgan fingerprint density at radius 2 is 0.586 bits per heavy atom. The van der Waals surface area contributed by atoms with Crippen LogP contribution in [0, 0.1) is 17.8 Å². The highest BCUT2D eigenvalue weighted by Crippen LogP contribution is 2.45. The molecule has 19 heteroatoms. The van der Waals surface area contributed by atoms with Gasteiger partial charge in [-0.25, -0.2) is 9.13 Å². The smallest absolute Gasteiger partial charge is 0.462 e. The van der Waals surface area contributed by atoms with Crippen LogP contribution in [0.5, 0.6) is 0 Å². The van der Waals surface area contributed by atoms with Crippen LogP contribution >= 0.6 is 15.6 Å². The normalized spacial score (nSPS) is 14.6. The van der Waals surface area contributed by atoms with Crippen molar-refractivity contribution in [3.05, 3.63) is 0 Å². The van der Waals surface area contributed by atoms with E-state index in [2.05, 4.69) is 48.5 Å². The van der Waals surface area contributed by atoms with E-state index in [0.29, 0.717) is 25.7 Å². The quantitative estimate of drug-likeness (QED) is 0.0222. The van der Waals surface area contributed by atoms with Crippen molar-refractivity contribution in [1.82, 2.24) is 0 Å². The number of aliphatic hydroxyl groups is 1. The van der Waals surface area contributed by atoms with Crippen molar-refractivity contribution >= 4 is 39.5 Å². The molecule has 0 rings (SSSR count). The van der Waals surface area contributed by atoms with Gasteiger partial charge >= 0.3 is 39.5 Å². The highest BCUT2D eigenvalue weighted by atomic mass is 31.2. The van der Waals surface area contributed by atoms with Gasteiger partial charge in [0.1, 0.15) is 19.3 Å². The molecular formula is C68H132O17P2. The second-order valence-electron chi connectivity index (χ2n) is 25.8. The fourth-order valence-corrected chi connectivity index (χ4v) is 11.7. The number of unbranched alkanes of at least 4 members (excludes halogenated alkanes) is 33. The average molecular weight is 1280 g/mol. The first-order valence-corrected chi connectivity index (χ1v) is 38.4. The van der Waals surface area contributed by atoms with Gasteiger partial charge < -0.3 is 33.8 Å². The van der Waals surface area contributed by atoms with Crippen molar-refractivity contribution in [3.8, 4) is 0 Å². The Bertz CT molecular complexity index is 1720. The van der Waals surface area contributed by atoms with E-state index in [9.17, 15) is 43.2 Å². The predicted octanol–water partition coefficient (Wildman–Crippen LogP) is 19.1. The lowest BCUT2D eigenvalue weighted by Crippen LogP contribution is -2.30. The molecule has 0 radical (unpaired) electrons. The van der Waals surface area contributed by atoms with E-state index < -0.39 is 97.5 Å². The Morgan fingerprint density at radius 3 is 0.874 bits per heavy atom. The fraction of sp³-hybridized carbons (Fsp3) is 0.941. The highest BCUT2D eigenvalue weighted by Gasteiger charge is 2.30. The zero-order valence-corrected chi connectivity index (χ0v) is 58.3. The van der Waals surface area contributed by atoms with Gasteiger partial charge in [-0.05, 0) is 43.4 Å². The first-order valence-electron chi connectivity index (χ1n) is 35.4. The van der Waals surface area contributed by atoms with E-state index in [1.54, 1.807) is 0 Å². The third kappa shape index (κ3) is 61.3. The second kappa shape index (κ2) is 59.1. The topological polar surface area (TPSA) is 237 Å². The van der Waals surface area contributed by atoms with Crippen LogP contribution in [0.2, 0.25) is 0 Å². The van der Waals surface area contributed by atoms with Crippen molar-refractivity contribution in [2.75, 3.05) is 39.6 Å². The maximum absolute atomic E-state index is 13.0. The number of ether oxygens (including phenoxy) is 4. The Balaban J connectivity index is 5.24. The summed E-state index contributed by atoms with van der Waals surface area (Å²) in [6, 6.07) is 0. The SMILES string of the molecule is CCCCCCCCCCCC(=O)OC[C@H](COP(=O)(O)OC[C@H](O)COP(=O)(O)OC[C@@H](COC(=O)CCCCCCCCCCCCCC(C)C)OC(=O)CCCCCCCCCCCCCC(C)C)OC(=O)CCCCCCCCC(C)CC. The third-order valence-corrected chi connectivity index (χ3v) is 17.9. The monoisotopic (exact) mass is 1280 g/mol. The van der Waals surface area contributed by atoms with Gasteiger partial charge in [-0.2, -0.15) is 0 Å². The molecule has 0 saturated carbocycles. The molecule has 17 nitrogen and oxygen atoms in total. The number of esters is 4. The molecule has 0 aliphatic heterocycles. The first-order chi connectivity index (χ1) is 41.8. The summed E-state index contributed by atoms with van der Waals surface area (Å²) < 4.78 is 68.2. The van der Waals surface area contributed by atoms with Gasteiger partial charge in [-0.3, -0.25) is 37.3 Å². The van der Waals surface area contributed by atoms with Crippen LogP contribution < -0.4 is 0 Å². The summed E-state index contributed by atoms with van der Waals surface area (Å²) in [7, 11) is -9.90. The average Bonchev–Trinajstić information content (AvgIpc) is 3.61. The molecule has 0 fully saturated rings. The summed E-state index contributed by atoms with van der Waals surface area (Å²) in [5, 5.41) is 10.6. The molecule has 516 valence electrons. The highest BCUT2D eigenvalue weighted by molar-refractivity contribution is 7.47. The summed E-state index contributed by atoms with van der Waals surface area (Å²) in [5.41, 5.74) is 0. The third-order valence-electron chi connectivity index (χ3n) is 16.0. The lowest BCUT2D eigenvalue weighted by Gasteiger charge is -2.21. The number of aliphatic hydroxyl groups excluding tert-OH is 1. The van der Waals surface area contributed by atoms with Gasteiger partial charge in [0.15, 0.2) is 12.2 Å². The molecule has 0 aromatic rings. The number of rotatable bonds is 66. The largest absolute Gasteiger partial charge is 0.472 e. The fourth-order valence-electron chi connectivity index (χ4n) is 10.2. The lowest BCUT2D eigenvalue weighted by atomic mass is 10.00. The maximum atomic E-state index is 13.0. The molecule has 3 N–H and O–H groups in total. The van der Waals surface area contributed by atoms with Gasteiger partial charge in [0.25, 0.3) is 0 Å². The van der Waals surface area contributed by atoms with E-state index in [0.717, 1.165) is 108 Å². The van der Waals surface area contributed by atoms with Crippen molar-refractivity contribution < 1.29 is 80.2 Å². The van der Waals surface area contributed by atoms with Crippen LogP contribution in [-0.2, 0) is 65.4 Å². The Morgan fingerprint density at radius 1 is 0.333 bits per heavy atom. The van der Waals surface area contributed by atoms with E-state index in [-0.39, 0.29) is 25.7 Å². The summed E-state index contributed by atoms with van der Waals surface area (Å²) in [4.78, 5) is 72.4. The Kier molecular flexibility index (Phi) is 57.8. The molecule has 0 bridgehead atoms. The molecule has 87 heavy (non-hydrogen) atoms. The number of phosphoric acid groups is 2. The number of hydrogen-bond donors (Lipinski definition) is 3. The predicted molar refractivity (Wildman–Crippen MR) is 349 cm³/mol. The second-order valence-corrected chi connectivity index (χ2v) is 28.7. The zero-order chi connectivity index (χ0) is 64.5. The first kappa shape index (κ1) is 85.1. The molecule has 0 saturated heterocycles. The minimum absolute atomic E-state index is 0.103. The van der Waals surface area contributed by atoms with E-state index in [1.807, 2.05) is 0 Å². The van der Waals surface area contributed by atoms with E-state index >= 15 is 0 Å². The van der Waals surface area contributed by atoms with Crippen molar-refractivity contribution in [3.63, 3.8) is 0 Å². The molecule has 0 aliphatic rings. The molecule has 0 aliphatic carbocycles. The Hall–Kier alpha value is -1.94.